The van der Waals surface area contributed by atoms with Gasteiger partial charge in [-0.3, -0.25) is 4.79 Å². The highest BCUT2D eigenvalue weighted by molar-refractivity contribution is 6.31. The average molecular weight is 327 g/mol. The number of anilines is 1. The maximum absolute atomic E-state index is 12.3. The summed E-state index contributed by atoms with van der Waals surface area (Å²) in [4.78, 5) is 12.3. The highest BCUT2D eigenvalue weighted by atomic mass is 35.5. The second-order valence-corrected chi connectivity index (χ2v) is 5.22. The molecule has 4 nitrogen and oxygen atoms in total. The fourth-order valence-corrected chi connectivity index (χ4v) is 2.12. The van der Waals surface area contributed by atoms with Gasteiger partial charge in [-0.15, -0.1) is 0 Å². The normalized spacial score (nSPS) is 10.8. The Labute approximate surface area is 140 Å². The van der Waals surface area contributed by atoms with Gasteiger partial charge in [0.1, 0.15) is 17.4 Å². The minimum Gasteiger partial charge on any atom is -0.497 e. The fourth-order valence-electron chi connectivity index (χ4n) is 1.95. The van der Waals surface area contributed by atoms with E-state index in [0.717, 1.165) is 11.1 Å². The topological polar surface area (TPSA) is 62.1 Å². The third kappa shape index (κ3) is 4.12. The van der Waals surface area contributed by atoms with Crippen molar-refractivity contribution in [2.24, 2.45) is 0 Å². The van der Waals surface area contributed by atoms with Gasteiger partial charge in [-0.25, -0.2) is 0 Å². The van der Waals surface area contributed by atoms with E-state index in [1.54, 1.807) is 56.5 Å². The number of ether oxygens (including phenoxy) is 1. The van der Waals surface area contributed by atoms with Crippen LogP contribution in [0.15, 0.2) is 48.0 Å². The van der Waals surface area contributed by atoms with Crippen LogP contribution in [0.5, 0.6) is 5.75 Å². The SMILES string of the molecule is COc1ccc(/C=C(\C#N)C(=O)Nc2cccc(Cl)c2C)cc1. The van der Waals surface area contributed by atoms with Gasteiger partial charge in [0.05, 0.1) is 7.11 Å². The number of methoxy groups -OCH3 is 1. The van der Waals surface area contributed by atoms with Crippen LogP contribution in [-0.2, 0) is 4.79 Å². The molecule has 23 heavy (non-hydrogen) atoms. The molecule has 0 heterocycles. The summed E-state index contributed by atoms with van der Waals surface area (Å²) in [7, 11) is 1.58. The number of carbonyl (C=O) groups is 1. The zero-order chi connectivity index (χ0) is 16.8. The molecule has 1 N–H and O–H groups in total. The van der Waals surface area contributed by atoms with Crippen LogP contribution < -0.4 is 10.1 Å². The molecule has 116 valence electrons. The molecule has 0 spiro atoms. The molecule has 0 radical (unpaired) electrons. The van der Waals surface area contributed by atoms with E-state index in [1.165, 1.54) is 6.08 Å². The van der Waals surface area contributed by atoms with Crippen LogP contribution in [0.1, 0.15) is 11.1 Å². The maximum atomic E-state index is 12.3. The van der Waals surface area contributed by atoms with Crippen LogP contribution >= 0.6 is 11.6 Å². The lowest BCUT2D eigenvalue weighted by Crippen LogP contribution is -2.14. The first kappa shape index (κ1) is 16.6. The summed E-state index contributed by atoms with van der Waals surface area (Å²) in [6.45, 7) is 1.80. The minimum absolute atomic E-state index is 0.00884. The molecule has 0 saturated carbocycles. The van der Waals surface area contributed by atoms with Gasteiger partial charge in [-0.1, -0.05) is 29.8 Å². The largest absolute Gasteiger partial charge is 0.497 e. The molecule has 2 rings (SSSR count). The zero-order valence-corrected chi connectivity index (χ0v) is 13.5. The molecular weight excluding hydrogens is 312 g/mol. The molecular formula is C18H15ClN2O2. The molecule has 0 aromatic heterocycles. The molecule has 2 aromatic carbocycles. The summed E-state index contributed by atoms with van der Waals surface area (Å²) < 4.78 is 5.07. The van der Waals surface area contributed by atoms with Crippen molar-refractivity contribution in [1.82, 2.24) is 0 Å². The number of benzene rings is 2. The monoisotopic (exact) mass is 326 g/mol. The van der Waals surface area contributed by atoms with Gasteiger partial charge >= 0.3 is 0 Å². The van der Waals surface area contributed by atoms with E-state index in [9.17, 15) is 10.1 Å². The van der Waals surface area contributed by atoms with Crippen molar-refractivity contribution in [3.05, 3.63) is 64.2 Å². The number of nitriles is 1. The molecule has 0 aliphatic rings. The second kappa shape index (κ2) is 7.48. The lowest BCUT2D eigenvalue weighted by Gasteiger charge is -2.09. The Morgan fingerprint density at radius 1 is 1.26 bits per heavy atom. The van der Waals surface area contributed by atoms with Gasteiger partial charge in [0.2, 0.25) is 0 Å². The Morgan fingerprint density at radius 3 is 2.57 bits per heavy atom. The van der Waals surface area contributed by atoms with E-state index >= 15 is 0 Å². The molecule has 0 saturated heterocycles. The highest BCUT2D eigenvalue weighted by Gasteiger charge is 2.11. The number of hydrogen-bond donors (Lipinski definition) is 1. The first-order valence-corrected chi connectivity index (χ1v) is 7.25. The van der Waals surface area contributed by atoms with E-state index in [4.69, 9.17) is 16.3 Å². The third-order valence-corrected chi connectivity index (χ3v) is 3.72. The molecule has 1 amide bonds. The Morgan fingerprint density at radius 2 is 1.96 bits per heavy atom. The van der Waals surface area contributed by atoms with Gasteiger partial charge in [-0.2, -0.15) is 5.26 Å². The number of amides is 1. The van der Waals surface area contributed by atoms with Crippen molar-refractivity contribution < 1.29 is 9.53 Å². The summed E-state index contributed by atoms with van der Waals surface area (Å²) in [6.07, 6.45) is 1.52. The summed E-state index contributed by atoms with van der Waals surface area (Å²) in [5.41, 5.74) is 2.08. The Kier molecular flexibility index (Phi) is 5.40. The van der Waals surface area contributed by atoms with Gasteiger partial charge < -0.3 is 10.1 Å². The number of carbonyl (C=O) groups excluding carboxylic acids is 1. The van der Waals surface area contributed by atoms with Crippen molar-refractivity contribution in [2.75, 3.05) is 12.4 Å². The first-order chi connectivity index (χ1) is 11.0. The predicted octanol–water partition coefficient (Wildman–Crippen LogP) is 4.20. The lowest BCUT2D eigenvalue weighted by molar-refractivity contribution is -0.112. The van der Waals surface area contributed by atoms with Crippen molar-refractivity contribution in [2.45, 2.75) is 6.92 Å². The van der Waals surface area contributed by atoms with Crippen molar-refractivity contribution in [3.63, 3.8) is 0 Å². The Bertz CT molecular complexity index is 790. The number of nitrogens with one attached hydrogen (secondary N) is 1. The summed E-state index contributed by atoms with van der Waals surface area (Å²) >= 11 is 6.03. The van der Waals surface area contributed by atoms with Crippen LogP contribution in [0.4, 0.5) is 5.69 Å². The maximum Gasteiger partial charge on any atom is 0.266 e. The standard InChI is InChI=1S/C18H15ClN2O2/c1-12-16(19)4-3-5-17(12)21-18(22)14(11-20)10-13-6-8-15(23-2)9-7-13/h3-10H,1-2H3,(H,21,22)/b14-10+. The predicted molar refractivity (Wildman–Crippen MR) is 91.4 cm³/mol. The van der Waals surface area contributed by atoms with E-state index in [1.807, 2.05) is 6.07 Å². The van der Waals surface area contributed by atoms with Gasteiger partial charge in [-0.05, 0) is 48.4 Å². The van der Waals surface area contributed by atoms with Crippen molar-refractivity contribution in [3.8, 4) is 11.8 Å². The van der Waals surface area contributed by atoms with E-state index in [0.29, 0.717) is 16.5 Å². The van der Waals surface area contributed by atoms with Crippen molar-refractivity contribution >= 4 is 29.3 Å². The smallest absolute Gasteiger partial charge is 0.266 e. The summed E-state index contributed by atoms with van der Waals surface area (Å²) in [6, 6.07) is 14.2. The van der Waals surface area contributed by atoms with Crippen LogP contribution in [0.25, 0.3) is 6.08 Å². The molecule has 0 aliphatic heterocycles. The van der Waals surface area contributed by atoms with Gasteiger partial charge in [0.15, 0.2) is 0 Å². The molecule has 0 unspecified atom stereocenters. The van der Waals surface area contributed by atoms with Crippen molar-refractivity contribution in [1.29, 1.82) is 5.26 Å². The van der Waals surface area contributed by atoms with Crippen LogP contribution in [-0.4, -0.2) is 13.0 Å². The molecule has 5 heteroatoms. The van der Waals surface area contributed by atoms with Gasteiger partial charge in [0, 0.05) is 10.7 Å². The van der Waals surface area contributed by atoms with Crippen LogP contribution in [0.3, 0.4) is 0 Å². The molecule has 0 atom stereocenters. The van der Waals surface area contributed by atoms with E-state index in [2.05, 4.69) is 5.32 Å². The second-order valence-electron chi connectivity index (χ2n) is 4.81. The van der Waals surface area contributed by atoms with Gasteiger partial charge in [0.25, 0.3) is 5.91 Å². The van der Waals surface area contributed by atoms with E-state index in [-0.39, 0.29) is 5.57 Å². The Balaban J connectivity index is 2.22. The molecule has 0 bridgehead atoms. The zero-order valence-electron chi connectivity index (χ0n) is 12.8. The number of hydrogen-bond acceptors (Lipinski definition) is 3. The minimum atomic E-state index is -0.478. The summed E-state index contributed by atoms with van der Waals surface area (Å²) in [5, 5.41) is 12.5. The third-order valence-electron chi connectivity index (χ3n) is 3.31. The highest BCUT2D eigenvalue weighted by Crippen LogP contribution is 2.23. The molecule has 0 aliphatic carbocycles. The van der Waals surface area contributed by atoms with Crippen LogP contribution in [0, 0.1) is 18.3 Å². The Hall–Kier alpha value is -2.77. The average Bonchev–Trinajstić information content (AvgIpc) is 2.57. The molecule has 2 aromatic rings. The quantitative estimate of drug-likeness (QED) is 0.676. The lowest BCUT2D eigenvalue weighted by atomic mass is 10.1. The first-order valence-electron chi connectivity index (χ1n) is 6.87. The number of nitrogens with zero attached hydrogens (tertiary/aromatic N) is 1. The number of rotatable bonds is 4. The fraction of sp³-hybridized carbons (Fsp3) is 0.111. The van der Waals surface area contributed by atoms with Crippen LogP contribution in [0.2, 0.25) is 5.02 Å². The number of halogens is 1. The van der Waals surface area contributed by atoms with E-state index < -0.39 is 5.91 Å². The molecule has 0 fully saturated rings. The summed E-state index contributed by atoms with van der Waals surface area (Å²) in [5.74, 6) is 0.230.